The summed E-state index contributed by atoms with van der Waals surface area (Å²) in [4.78, 5) is 4.70. The van der Waals surface area contributed by atoms with Crippen LogP contribution in [0.3, 0.4) is 0 Å². The molecule has 0 aliphatic carbocycles. The van der Waals surface area contributed by atoms with Gasteiger partial charge in [0.25, 0.3) is 0 Å². The van der Waals surface area contributed by atoms with Crippen molar-refractivity contribution < 1.29 is 0 Å². The Labute approximate surface area is 139 Å². The Morgan fingerprint density at radius 2 is 1.57 bits per heavy atom. The first kappa shape index (κ1) is 15.7. The number of nitrogens with zero attached hydrogens (tertiary/aromatic N) is 1. The van der Waals surface area contributed by atoms with Crippen molar-refractivity contribution in [3.05, 3.63) is 65.4 Å². The Balaban J connectivity index is 2.18. The largest absolute Gasteiger partial charge is 0.256 e. The van der Waals surface area contributed by atoms with Gasteiger partial charge in [0, 0.05) is 17.1 Å². The molecule has 0 fully saturated rings. The molecule has 0 radical (unpaired) electrons. The third-order valence-electron chi connectivity index (χ3n) is 4.06. The molecule has 3 rings (SSSR count). The lowest BCUT2D eigenvalue weighted by atomic mass is 9.87. The maximum atomic E-state index is 4.70. The number of pyridine rings is 1. The Hall–Kier alpha value is -2.15. The molecule has 2 aromatic carbocycles. The van der Waals surface area contributed by atoms with Crippen LogP contribution in [0.25, 0.3) is 22.0 Å². The van der Waals surface area contributed by atoms with Gasteiger partial charge in [0.2, 0.25) is 0 Å². The summed E-state index contributed by atoms with van der Waals surface area (Å²) in [6.45, 7) is 11.1. The van der Waals surface area contributed by atoms with Gasteiger partial charge in [-0.3, -0.25) is 4.98 Å². The first-order chi connectivity index (χ1) is 10.8. The molecule has 0 amide bonds. The molecule has 0 aliphatic heterocycles. The molecule has 1 nitrogen and oxygen atoms in total. The van der Waals surface area contributed by atoms with Crippen LogP contribution in [0.15, 0.2) is 48.7 Å². The summed E-state index contributed by atoms with van der Waals surface area (Å²) in [5.74, 6) is 0. The van der Waals surface area contributed by atoms with Crippen LogP contribution < -0.4 is 0 Å². The van der Waals surface area contributed by atoms with E-state index in [0.29, 0.717) is 0 Å². The van der Waals surface area contributed by atoms with Crippen molar-refractivity contribution in [3.63, 3.8) is 0 Å². The smallest absolute Gasteiger partial charge is 0.0780 e. The molecule has 0 N–H and O–H groups in total. The number of rotatable bonds is 2. The van der Waals surface area contributed by atoms with E-state index in [1.165, 1.54) is 33.0 Å². The predicted octanol–water partition coefficient (Wildman–Crippen LogP) is 6.11. The van der Waals surface area contributed by atoms with Crippen LogP contribution in [0.4, 0.5) is 0 Å². The number of aryl methyl sites for hydroxylation is 2. The Morgan fingerprint density at radius 1 is 0.870 bits per heavy atom. The van der Waals surface area contributed by atoms with Crippen LogP contribution in [0.2, 0.25) is 0 Å². The molecule has 0 atom stereocenters. The SMILES string of the molecule is Cc1cc(C)cc(-c2nccc3ccc(CC(C)(C)C)cc23)c1. The maximum absolute atomic E-state index is 4.70. The fourth-order valence-electron chi connectivity index (χ4n) is 3.28. The van der Waals surface area contributed by atoms with Gasteiger partial charge in [-0.15, -0.1) is 0 Å². The number of aromatic nitrogens is 1. The zero-order chi connectivity index (χ0) is 16.6. The Kier molecular flexibility index (Phi) is 3.97. The summed E-state index contributed by atoms with van der Waals surface area (Å²) in [5.41, 5.74) is 6.53. The lowest BCUT2D eigenvalue weighted by molar-refractivity contribution is 0.411. The van der Waals surface area contributed by atoms with Gasteiger partial charge in [-0.25, -0.2) is 0 Å². The average Bonchev–Trinajstić information content (AvgIpc) is 2.43. The summed E-state index contributed by atoms with van der Waals surface area (Å²) in [6, 6.07) is 15.6. The average molecular weight is 303 g/mol. The van der Waals surface area contributed by atoms with Crippen molar-refractivity contribution in [2.45, 2.75) is 41.0 Å². The van der Waals surface area contributed by atoms with E-state index in [9.17, 15) is 0 Å². The molecule has 1 heteroatoms. The van der Waals surface area contributed by atoms with Crippen LogP contribution in [0.1, 0.15) is 37.5 Å². The first-order valence-electron chi connectivity index (χ1n) is 8.28. The molecule has 0 bridgehead atoms. The van der Waals surface area contributed by atoms with Crippen molar-refractivity contribution in [1.29, 1.82) is 0 Å². The lowest BCUT2D eigenvalue weighted by Crippen LogP contribution is -2.09. The fraction of sp³-hybridized carbons (Fsp3) is 0.318. The third-order valence-corrected chi connectivity index (χ3v) is 4.06. The molecule has 3 aromatic rings. The van der Waals surface area contributed by atoms with Crippen LogP contribution in [-0.4, -0.2) is 4.98 Å². The highest BCUT2D eigenvalue weighted by molar-refractivity contribution is 5.95. The van der Waals surface area contributed by atoms with E-state index >= 15 is 0 Å². The lowest BCUT2D eigenvalue weighted by Gasteiger charge is -2.18. The minimum absolute atomic E-state index is 0.288. The number of hydrogen-bond acceptors (Lipinski definition) is 1. The molecule has 0 saturated heterocycles. The standard InChI is InChI=1S/C22H25N/c1-15-10-16(2)12-19(11-15)21-20-13-17(14-22(3,4)5)6-7-18(20)8-9-23-21/h6-13H,14H2,1-5H3. The zero-order valence-corrected chi connectivity index (χ0v) is 14.8. The van der Waals surface area contributed by atoms with E-state index < -0.39 is 0 Å². The van der Waals surface area contributed by atoms with Crippen LogP contribution >= 0.6 is 0 Å². The van der Waals surface area contributed by atoms with E-state index in [1.54, 1.807) is 0 Å². The fourth-order valence-corrected chi connectivity index (χ4v) is 3.28. The van der Waals surface area contributed by atoms with Gasteiger partial charge in [0.05, 0.1) is 5.69 Å². The number of hydrogen-bond donors (Lipinski definition) is 0. The van der Waals surface area contributed by atoms with Crippen LogP contribution in [0.5, 0.6) is 0 Å². The van der Waals surface area contributed by atoms with Crippen molar-refractivity contribution in [2.24, 2.45) is 5.41 Å². The monoisotopic (exact) mass is 303 g/mol. The summed E-state index contributed by atoms with van der Waals surface area (Å²) < 4.78 is 0. The first-order valence-corrected chi connectivity index (χ1v) is 8.28. The quantitative estimate of drug-likeness (QED) is 0.557. The molecule has 1 heterocycles. The molecule has 0 aliphatic rings. The highest BCUT2D eigenvalue weighted by Crippen LogP contribution is 2.30. The van der Waals surface area contributed by atoms with Gasteiger partial charge in [-0.2, -0.15) is 0 Å². The molecule has 0 spiro atoms. The maximum Gasteiger partial charge on any atom is 0.0780 e. The highest BCUT2D eigenvalue weighted by Gasteiger charge is 2.13. The highest BCUT2D eigenvalue weighted by atomic mass is 14.7. The molecule has 23 heavy (non-hydrogen) atoms. The second kappa shape index (κ2) is 5.81. The molecule has 118 valence electrons. The van der Waals surface area contributed by atoms with Crippen LogP contribution in [-0.2, 0) is 6.42 Å². The molecule has 1 aromatic heterocycles. The molecular weight excluding hydrogens is 278 g/mol. The molecule has 0 saturated carbocycles. The second-order valence-corrected chi connectivity index (χ2v) is 7.83. The predicted molar refractivity (Wildman–Crippen MR) is 99.8 cm³/mol. The van der Waals surface area contributed by atoms with Gasteiger partial charge in [-0.1, -0.05) is 50.1 Å². The van der Waals surface area contributed by atoms with Crippen molar-refractivity contribution >= 4 is 10.8 Å². The molecular formula is C22H25N. The van der Waals surface area contributed by atoms with Gasteiger partial charge in [-0.05, 0) is 60.9 Å². The summed E-state index contributed by atoms with van der Waals surface area (Å²) in [5, 5.41) is 2.51. The summed E-state index contributed by atoms with van der Waals surface area (Å²) >= 11 is 0. The van der Waals surface area contributed by atoms with E-state index in [0.717, 1.165) is 12.1 Å². The Morgan fingerprint density at radius 3 is 2.22 bits per heavy atom. The number of fused-ring (bicyclic) bond motifs is 1. The van der Waals surface area contributed by atoms with Gasteiger partial charge in [0.15, 0.2) is 0 Å². The van der Waals surface area contributed by atoms with E-state index in [-0.39, 0.29) is 5.41 Å². The zero-order valence-electron chi connectivity index (χ0n) is 14.8. The second-order valence-electron chi connectivity index (χ2n) is 7.83. The Bertz CT molecular complexity index is 833. The van der Waals surface area contributed by atoms with Crippen LogP contribution in [0, 0.1) is 19.3 Å². The topological polar surface area (TPSA) is 12.9 Å². The minimum atomic E-state index is 0.288. The van der Waals surface area contributed by atoms with E-state index in [2.05, 4.69) is 77.1 Å². The minimum Gasteiger partial charge on any atom is -0.256 e. The van der Waals surface area contributed by atoms with Gasteiger partial charge in [0.1, 0.15) is 0 Å². The summed E-state index contributed by atoms with van der Waals surface area (Å²) in [7, 11) is 0. The number of benzene rings is 2. The van der Waals surface area contributed by atoms with Gasteiger partial charge < -0.3 is 0 Å². The normalized spacial score (nSPS) is 11.9. The van der Waals surface area contributed by atoms with Gasteiger partial charge >= 0.3 is 0 Å². The van der Waals surface area contributed by atoms with Crippen molar-refractivity contribution in [1.82, 2.24) is 4.98 Å². The molecule has 0 unspecified atom stereocenters. The van der Waals surface area contributed by atoms with Crippen molar-refractivity contribution in [2.75, 3.05) is 0 Å². The third kappa shape index (κ3) is 3.61. The van der Waals surface area contributed by atoms with E-state index in [4.69, 9.17) is 4.98 Å². The van der Waals surface area contributed by atoms with E-state index in [1.807, 2.05) is 6.20 Å². The van der Waals surface area contributed by atoms with Crippen molar-refractivity contribution in [3.8, 4) is 11.3 Å². The summed E-state index contributed by atoms with van der Waals surface area (Å²) in [6.07, 6.45) is 2.99.